The van der Waals surface area contributed by atoms with Crippen molar-refractivity contribution in [3.63, 3.8) is 0 Å². The molecule has 0 saturated carbocycles. The van der Waals surface area contributed by atoms with Gasteiger partial charge in [-0.05, 0) is 6.42 Å². The number of carboxylic acids is 2. The minimum atomic E-state index is -6.57. The van der Waals surface area contributed by atoms with Crippen molar-refractivity contribution in [2.45, 2.75) is 166 Å². The molecule has 0 aromatic heterocycles. The van der Waals surface area contributed by atoms with Crippen molar-refractivity contribution >= 4 is 84.7 Å². The van der Waals surface area contributed by atoms with Gasteiger partial charge in [-0.3, -0.25) is 29.3 Å². The Hall–Kier alpha value is 6.31. The van der Waals surface area contributed by atoms with E-state index in [1.165, 1.54) is 0 Å². The minimum Gasteiger partial charge on any atom is -0.726 e. The van der Waals surface area contributed by atoms with Crippen LogP contribution >= 0.6 is 0 Å². The van der Waals surface area contributed by atoms with Crippen LogP contribution in [0.2, 0.25) is 0 Å². The van der Waals surface area contributed by atoms with Gasteiger partial charge in [-0.15, -0.1) is 0 Å². The first-order valence-electron chi connectivity index (χ1n) is 27.0. The van der Waals surface area contributed by atoms with Crippen LogP contribution in [0.4, 0.5) is 0 Å². The maximum Gasteiger partial charge on any atom is 1.00 e. The van der Waals surface area contributed by atoms with Gasteiger partial charge >= 0.3 is 266 Å². The molecule has 5 rings (SSSR count). The molecule has 5 aliphatic heterocycles. The van der Waals surface area contributed by atoms with Gasteiger partial charge in [-0.1, -0.05) is 6.92 Å². The van der Waals surface area contributed by atoms with E-state index in [4.69, 9.17) is 85.3 Å². The number of carbonyl (C=O) groups is 2. The summed E-state index contributed by atoms with van der Waals surface area (Å²) in [6.07, 6.45) is -58.3. The zero-order valence-corrected chi connectivity index (χ0v) is 84.8. The van der Waals surface area contributed by atoms with Crippen LogP contribution < -0.4 is 276 Å². The second-order valence-electron chi connectivity index (χ2n) is 20.6. The van der Waals surface area contributed by atoms with E-state index in [1.54, 1.807) is 0 Å². The average Bonchev–Trinajstić information content (AvgIpc) is 0.738. The van der Waals surface area contributed by atoms with Gasteiger partial charge in [-0.25, -0.2) is 58.9 Å². The molecule has 108 heavy (non-hydrogen) atoms. The molecule has 50 nitrogen and oxygen atoms in total. The van der Waals surface area contributed by atoms with Gasteiger partial charge in [-0.2, -0.15) is 0 Å². The number of hydrogen-bond donors (Lipinski definition) is 0. The molecule has 0 bridgehead atoms. The third-order valence-electron chi connectivity index (χ3n) is 15.0. The summed E-state index contributed by atoms with van der Waals surface area (Å²) in [5, 5.41) is 27.5. The van der Waals surface area contributed by atoms with Gasteiger partial charge in [0.1, 0.15) is 103 Å². The van der Waals surface area contributed by atoms with E-state index in [0.717, 1.165) is 42.5 Å². The molecule has 5 fully saturated rings. The van der Waals surface area contributed by atoms with Crippen molar-refractivity contribution < 1.29 is 491 Å². The summed E-state index contributed by atoms with van der Waals surface area (Å²) in [5.41, 5.74) is -6.84. The van der Waals surface area contributed by atoms with E-state index in [-0.39, 0.29) is 266 Å². The standard InChI is InChI=1S/C42H72O50S7.9Na/c1-11-41(39(43)44)32(85-35-27(73-7)22(70-4)19(69-3)16(81-35)12-77-93(47,48)49)25(71-5)28(74-8)37(87-41)83-21-18(14-79-95(53,54)55)82-36(31(92-99(65,66)67)24(21)90-97(59,60)61)86-33-26(72-6)29(75-9)38(88-42(33,15-68-2)40(45)46)84-20-17(13-78-94(50,51)52)80-34(76-10)30(91-98(62,63)64)23(20)89-96(56,57)58;;;;;;;;;/h16-38H,11-15H2,1-10H3,(H,43,44)(H,45,46)(H,47,48,49)(H,50,51,52)(H,53,54,55)(H,56,57,58)(H,59,60,61)(H,62,63,64)(H,65,66,67);;;;;;;;;/q;9*+1/p-9/t16-,17+,18-,19-,20+,21-,22-,23+,24-,25+,26-,27+,28+,29+,30+,31+,32+,33+,34-,35-,36-,37-,38+,41+,42+;;;;;;;;;/m0........./s1. The van der Waals surface area contributed by atoms with Crippen LogP contribution in [0.25, 0.3) is 0 Å². The maximum absolute atomic E-state index is 13.8. The Morgan fingerprint density at radius 3 is 0.861 bits per heavy atom. The smallest absolute Gasteiger partial charge is 0.726 e. The molecule has 0 aromatic carbocycles. The van der Waals surface area contributed by atoms with Crippen molar-refractivity contribution in [1.82, 2.24) is 0 Å². The monoisotopic (exact) mass is 1800 g/mol. The number of carbonyl (C=O) groups excluding carboxylic acids is 2. The second kappa shape index (κ2) is 52.3. The molecule has 5 aliphatic rings. The van der Waals surface area contributed by atoms with Gasteiger partial charge in [0, 0.05) is 64.0 Å². The number of rotatable bonds is 38. The van der Waals surface area contributed by atoms with Crippen LogP contribution in [0.5, 0.6) is 0 Å². The first-order valence-corrected chi connectivity index (χ1v) is 36.4. The number of methoxy groups -OCH3 is 9. The summed E-state index contributed by atoms with van der Waals surface area (Å²) in [5.74, 6) is -4.97. The molecule has 582 valence electrons. The molecule has 25 atom stereocenters. The second-order valence-corrected chi connectivity index (χ2v) is 27.8. The summed E-state index contributed by atoms with van der Waals surface area (Å²) in [6, 6.07) is 0. The number of aliphatic carboxylic acids is 2. The van der Waals surface area contributed by atoms with Crippen LogP contribution in [0.3, 0.4) is 0 Å². The molecule has 0 radical (unpaired) electrons. The molecule has 0 aliphatic carbocycles. The number of hydrogen-bond acceptors (Lipinski definition) is 50. The number of carboxylic acid groups (broad SMARTS) is 2. The normalized spacial score (nSPS) is 34.7. The third-order valence-corrected chi connectivity index (χ3v) is 18.1. The first-order chi connectivity index (χ1) is 45.6. The Labute approximate surface area is 819 Å². The summed E-state index contributed by atoms with van der Waals surface area (Å²) in [4.78, 5) is 27.5. The largest absolute Gasteiger partial charge is 1.00 e. The van der Waals surface area contributed by atoms with E-state index in [2.05, 4.69) is 29.3 Å². The molecule has 0 N–H and O–H groups in total. The molecule has 0 unspecified atom stereocenters. The summed E-state index contributed by atoms with van der Waals surface area (Å²) >= 11 is 0. The molecule has 66 heteroatoms. The SMILES string of the molecule is CC[C@@]1(C(=O)[O-])O[C@H](O[C@@H]2[C@H](OS(=O)(=O)[O-])[C@@H](OS(=O)(=O)[O-])[C@H](O[C@@H]3[C@@H](OC)[C@@H](OC)[C@H](O[C@H]4[C@@H](OS(=O)(=O)[O-])[C@@H](OS(=O)(=O)[O-])[C@@H](OC)O[C@@H]4COS(=O)(=O)[O-])O[C@@]3(COC)C(=O)[O-])O[C@H]2COS(=O)(=O)[O-])[C@H](OC)[C@@H](OC)[C@H]1O[C@@H]1O[C@@H](COS(=O)(=O)[O-])[C@H](OC)[C@H](OC)[C@H]1OC.[Na+].[Na+].[Na+].[Na+].[Na+].[Na+].[Na+].[Na+].[Na+]. The van der Waals surface area contributed by atoms with Crippen LogP contribution in [0, 0.1) is 0 Å². The topological polar surface area (TPSA) is 711 Å². The summed E-state index contributed by atoms with van der Waals surface area (Å²) < 4.78 is 389. The Kier molecular flexibility index (Phi) is 59.5. The van der Waals surface area contributed by atoms with Crippen molar-refractivity contribution in [3.05, 3.63) is 0 Å². The van der Waals surface area contributed by atoms with Crippen LogP contribution in [0.15, 0.2) is 0 Å². The fourth-order valence-corrected chi connectivity index (χ4v) is 14.0. The van der Waals surface area contributed by atoms with Gasteiger partial charge in [0.25, 0.3) is 0 Å². The van der Waals surface area contributed by atoms with Gasteiger partial charge in [0.2, 0.25) is 72.8 Å². The van der Waals surface area contributed by atoms with Crippen LogP contribution in [-0.2, 0) is 197 Å². The molecular formula is C42H63Na9O50S7. The van der Waals surface area contributed by atoms with E-state index >= 15 is 0 Å². The molecule has 0 amide bonds. The van der Waals surface area contributed by atoms with Crippen LogP contribution in [-0.4, -0.2) is 346 Å². The Balaban J connectivity index is -0.00000393. The number of ether oxygens (including phenoxy) is 18. The fourth-order valence-electron chi connectivity index (χ4n) is 11.2. The van der Waals surface area contributed by atoms with Crippen molar-refractivity contribution in [2.24, 2.45) is 0 Å². The minimum absolute atomic E-state index is 0. The Bertz CT molecular complexity index is 3550. The predicted octanol–water partition coefficient (Wildman–Crippen LogP) is -39.0. The summed E-state index contributed by atoms with van der Waals surface area (Å²) in [6.45, 7) is -5.29. The van der Waals surface area contributed by atoms with Crippen molar-refractivity contribution in [2.75, 3.05) is 90.4 Å². The van der Waals surface area contributed by atoms with Gasteiger partial charge in [0.05, 0.1) is 38.4 Å². The zero-order chi connectivity index (χ0) is 75.1. The van der Waals surface area contributed by atoms with Gasteiger partial charge < -0.3 is 137 Å². The Morgan fingerprint density at radius 2 is 0.583 bits per heavy atom. The Morgan fingerprint density at radius 1 is 0.315 bits per heavy atom. The van der Waals surface area contributed by atoms with Crippen molar-refractivity contribution in [3.8, 4) is 0 Å². The maximum atomic E-state index is 13.8. The van der Waals surface area contributed by atoms with E-state index in [1.807, 2.05) is 0 Å². The molecule has 5 saturated heterocycles. The van der Waals surface area contributed by atoms with Crippen LogP contribution in [0.1, 0.15) is 13.3 Å². The molecule has 5 heterocycles. The zero-order valence-electron chi connectivity index (χ0n) is 61.1. The predicted molar refractivity (Wildman–Crippen MR) is 281 cm³/mol. The summed E-state index contributed by atoms with van der Waals surface area (Å²) in [7, 11) is -35.6. The third kappa shape index (κ3) is 34.3. The average molecular weight is 1800 g/mol. The van der Waals surface area contributed by atoms with E-state index in [0.29, 0.717) is 28.4 Å². The quantitative estimate of drug-likeness (QED) is 0.0315. The fraction of sp³-hybridized carbons (Fsp3) is 0.952. The van der Waals surface area contributed by atoms with Crippen molar-refractivity contribution in [1.29, 1.82) is 0 Å². The van der Waals surface area contributed by atoms with E-state index < -0.39 is 270 Å². The molecule has 0 aromatic rings. The molecule has 0 spiro atoms. The molecular weight excluding hydrogens is 1740 g/mol. The van der Waals surface area contributed by atoms with Gasteiger partial charge in [0.15, 0.2) is 49.3 Å². The van der Waals surface area contributed by atoms with E-state index in [9.17, 15) is 111 Å². The first kappa shape index (κ1) is 123.